The summed E-state index contributed by atoms with van der Waals surface area (Å²) in [5.74, 6) is 0.892. The molecule has 0 unspecified atom stereocenters. The van der Waals surface area contributed by atoms with E-state index >= 15 is 0 Å². The van der Waals surface area contributed by atoms with Crippen LogP contribution in [0, 0.1) is 5.92 Å². The zero-order valence-electron chi connectivity index (χ0n) is 7.48. The van der Waals surface area contributed by atoms with E-state index in [1.807, 2.05) is 6.20 Å². The Morgan fingerprint density at radius 1 is 1.31 bits per heavy atom. The molecule has 1 fully saturated rings. The average Bonchev–Trinajstić information content (AvgIpc) is 2.88. The van der Waals surface area contributed by atoms with Crippen LogP contribution in [-0.2, 0) is 6.54 Å². The lowest BCUT2D eigenvalue weighted by molar-refractivity contribution is 0.580. The zero-order chi connectivity index (χ0) is 8.67. The first kappa shape index (κ1) is 7.13. The highest BCUT2D eigenvalue weighted by Gasteiger charge is 2.22. The molecular weight excluding hydrogens is 160 g/mol. The van der Waals surface area contributed by atoms with Crippen LogP contribution in [0.3, 0.4) is 0 Å². The Bertz CT molecular complexity index is 426. The van der Waals surface area contributed by atoms with Crippen LogP contribution in [0.1, 0.15) is 12.8 Å². The fourth-order valence-corrected chi connectivity index (χ4v) is 1.72. The quantitative estimate of drug-likeness (QED) is 0.680. The summed E-state index contributed by atoms with van der Waals surface area (Å²) < 4.78 is 2.13. The average molecular weight is 172 g/mol. The van der Waals surface area contributed by atoms with E-state index in [0.717, 1.165) is 12.5 Å². The van der Waals surface area contributed by atoms with Crippen LogP contribution >= 0.6 is 0 Å². The molecular formula is C11H12N2. The Balaban J connectivity index is 2.06. The van der Waals surface area contributed by atoms with Gasteiger partial charge in [-0.25, -0.2) is 0 Å². The van der Waals surface area contributed by atoms with E-state index in [1.165, 1.54) is 23.7 Å². The Labute approximate surface area is 77.2 Å². The molecule has 0 bridgehead atoms. The van der Waals surface area contributed by atoms with Gasteiger partial charge in [0.2, 0.25) is 0 Å². The lowest BCUT2D eigenvalue weighted by Crippen LogP contribution is -2.00. The van der Waals surface area contributed by atoms with E-state index in [9.17, 15) is 0 Å². The number of benzene rings is 1. The van der Waals surface area contributed by atoms with Crippen LogP contribution in [0.4, 0.5) is 0 Å². The minimum atomic E-state index is 0.892. The molecule has 2 aromatic rings. The molecule has 0 atom stereocenters. The van der Waals surface area contributed by atoms with Crippen molar-refractivity contribution in [3.05, 3.63) is 30.5 Å². The first-order valence-corrected chi connectivity index (χ1v) is 4.84. The van der Waals surface area contributed by atoms with Crippen LogP contribution in [0.15, 0.2) is 30.5 Å². The third-order valence-electron chi connectivity index (χ3n) is 2.68. The maximum atomic E-state index is 4.39. The predicted molar refractivity (Wildman–Crippen MR) is 52.5 cm³/mol. The number of rotatable bonds is 2. The second kappa shape index (κ2) is 2.59. The first-order valence-electron chi connectivity index (χ1n) is 4.84. The van der Waals surface area contributed by atoms with Gasteiger partial charge in [0.15, 0.2) is 0 Å². The minimum absolute atomic E-state index is 0.892. The van der Waals surface area contributed by atoms with Gasteiger partial charge < -0.3 is 0 Å². The zero-order valence-corrected chi connectivity index (χ0v) is 7.48. The molecule has 1 heterocycles. The van der Waals surface area contributed by atoms with Crippen molar-refractivity contribution in [2.45, 2.75) is 19.4 Å². The highest BCUT2D eigenvalue weighted by molar-refractivity contribution is 5.78. The Kier molecular flexibility index (Phi) is 1.42. The fraction of sp³-hybridized carbons (Fsp3) is 0.364. The largest absolute Gasteiger partial charge is 0.265 e. The van der Waals surface area contributed by atoms with Crippen molar-refractivity contribution in [2.24, 2.45) is 5.92 Å². The molecule has 66 valence electrons. The number of fused-ring (bicyclic) bond motifs is 1. The summed E-state index contributed by atoms with van der Waals surface area (Å²) in [6.45, 7) is 1.10. The molecule has 0 aliphatic heterocycles. The molecule has 3 rings (SSSR count). The molecule has 13 heavy (non-hydrogen) atoms. The van der Waals surface area contributed by atoms with Crippen LogP contribution in [0.25, 0.3) is 10.9 Å². The summed E-state index contributed by atoms with van der Waals surface area (Å²) in [6, 6.07) is 8.40. The molecule has 0 saturated heterocycles. The number of hydrogen-bond acceptors (Lipinski definition) is 1. The summed E-state index contributed by atoms with van der Waals surface area (Å²) in [5.41, 5.74) is 1.27. The van der Waals surface area contributed by atoms with Gasteiger partial charge in [-0.1, -0.05) is 18.2 Å². The highest BCUT2D eigenvalue weighted by atomic mass is 15.3. The van der Waals surface area contributed by atoms with Gasteiger partial charge in [-0.05, 0) is 24.8 Å². The van der Waals surface area contributed by atoms with Gasteiger partial charge >= 0.3 is 0 Å². The summed E-state index contributed by atoms with van der Waals surface area (Å²) in [5, 5.41) is 5.65. The standard InChI is InChI=1S/C11H12N2/c1-2-4-11-10(3-1)7-12-13(11)8-9-5-6-9/h1-4,7,9H,5-6,8H2. The Morgan fingerprint density at radius 3 is 3.00 bits per heavy atom. The summed E-state index contributed by atoms with van der Waals surface area (Å²) in [4.78, 5) is 0. The molecule has 1 saturated carbocycles. The molecule has 0 spiro atoms. The third-order valence-corrected chi connectivity index (χ3v) is 2.68. The molecule has 2 heteroatoms. The Hall–Kier alpha value is -1.31. The van der Waals surface area contributed by atoms with Gasteiger partial charge in [0, 0.05) is 11.9 Å². The molecule has 1 aromatic carbocycles. The number of nitrogens with zero attached hydrogens (tertiary/aromatic N) is 2. The van der Waals surface area contributed by atoms with Crippen molar-refractivity contribution in [1.29, 1.82) is 0 Å². The summed E-state index contributed by atoms with van der Waals surface area (Å²) >= 11 is 0. The van der Waals surface area contributed by atoms with Crippen LogP contribution in [-0.4, -0.2) is 9.78 Å². The molecule has 0 amide bonds. The SMILES string of the molecule is c1ccc2c(c1)cnn2CC1CC1. The molecule has 2 nitrogen and oxygen atoms in total. The number of para-hydroxylation sites is 1. The third kappa shape index (κ3) is 1.22. The van der Waals surface area contributed by atoms with E-state index in [4.69, 9.17) is 0 Å². The van der Waals surface area contributed by atoms with E-state index in [0.29, 0.717) is 0 Å². The van der Waals surface area contributed by atoms with Crippen molar-refractivity contribution in [1.82, 2.24) is 9.78 Å². The van der Waals surface area contributed by atoms with Gasteiger partial charge in [-0.2, -0.15) is 5.10 Å². The van der Waals surface area contributed by atoms with E-state index in [1.54, 1.807) is 0 Å². The molecule has 0 radical (unpaired) electrons. The van der Waals surface area contributed by atoms with Gasteiger partial charge in [0.1, 0.15) is 0 Å². The normalized spacial score (nSPS) is 16.6. The first-order chi connectivity index (χ1) is 6.43. The molecule has 1 aromatic heterocycles. The lowest BCUT2D eigenvalue weighted by Gasteiger charge is -2.00. The Morgan fingerprint density at radius 2 is 2.15 bits per heavy atom. The van der Waals surface area contributed by atoms with Gasteiger partial charge in [-0.15, -0.1) is 0 Å². The maximum Gasteiger partial charge on any atom is 0.0682 e. The molecule has 1 aliphatic carbocycles. The monoisotopic (exact) mass is 172 g/mol. The van der Waals surface area contributed by atoms with Crippen LogP contribution in [0.2, 0.25) is 0 Å². The summed E-state index contributed by atoms with van der Waals surface area (Å²) in [7, 11) is 0. The topological polar surface area (TPSA) is 17.8 Å². The smallest absolute Gasteiger partial charge is 0.0682 e. The van der Waals surface area contributed by atoms with E-state index in [2.05, 4.69) is 34.0 Å². The van der Waals surface area contributed by atoms with Crippen molar-refractivity contribution >= 4 is 10.9 Å². The fourth-order valence-electron chi connectivity index (χ4n) is 1.72. The predicted octanol–water partition coefficient (Wildman–Crippen LogP) is 2.45. The van der Waals surface area contributed by atoms with Crippen molar-refractivity contribution < 1.29 is 0 Å². The summed E-state index contributed by atoms with van der Waals surface area (Å²) in [6.07, 6.45) is 4.72. The number of aromatic nitrogens is 2. The second-order valence-corrected chi connectivity index (χ2v) is 3.83. The van der Waals surface area contributed by atoms with Gasteiger partial charge in [-0.3, -0.25) is 4.68 Å². The lowest BCUT2D eigenvalue weighted by atomic mass is 10.2. The minimum Gasteiger partial charge on any atom is -0.265 e. The second-order valence-electron chi connectivity index (χ2n) is 3.83. The van der Waals surface area contributed by atoms with E-state index < -0.39 is 0 Å². The van der Waals surface area contributed by atoms with Crippen molar-refractivity contribution in [3.63, 3.8) is 0 Å². The molecule has 1 aliphatic rings. The van der Waals surface area contributed by atoms with Crippen LogP contribution in [0.5, 0.6) is 0 Å². The van der Waals surface area contributed by atoms with Gasteiger partial charge in [0.25, 0.3) is 0 Å². The van der Waals surface area contributed by atoms with Crippen molar-refractivity contribution in [2.75, 3.05) is 0 Å². The highest BCUT2D eigenvalue weighted by Crippen LogP contribution is 2.31. The van der Waals surface area contributed by atoms with Gasteiger partial charge in [0.05, 0.1) is 11.7 Å². The number of hydrogen-bond donors (Lipinski definition) is 0. The van der Waals surface area contributed by atoms with Crippen LogP contribution < -0.4 is 0 Å². The van der Waals surface area contributed by atoms with Crippen molar-refractivity contribution in [3.8, 4) is 0 Å². The molecule has 0 N–H and O–H groups in total. The van der Waals surface area contributed by atoms with E-state index in [-0.39, 0.29) is 0 Å². The maximum absolute atomic E-state index is 4.39.